The summed E-state index contributed by atoms with van der Waals surface area (Å²) in [7, 11) is 0. The lowest BCUT2D eigenvalue weighted by Crippen LogP contribution is -2.31. The lowest BCUT2D eigenvalue weighted by molar-refractivity contribution is 0.500. The van der Waals surface area contributed by atoms with Gasteiger partial charge in [0.05, 0.1) is 17.9 Å². The molecule has 0 fully saturated rings. The summed E-state index contributed by atoms with van der Waals surface area (Å²) < 4.78 is 15.6. The Bertz CT molecular complexity index is 511. The van der Waals surface area contributed by atoms with Crippen molar-refractivity contribution in [3.8, 4) is 0 Å². The minimum Gasteiger partial charge on any atom is -0.271 e. The topological polar surface area (TPSA) is 68.8 Å². The van der Waals surface area contributed by atoms with E-state index in [0.29, 0.717) is 5.56 Å². The molecule has 0 aromatic carbocycles. The summed E-state index contributed by atoms with van der Waals surface area (Å²) in [6.45, 7) is 2.83. The molecule has 1 atom stereocenters. The average molecular weight is 249 g/mol. The largest absolute Gasteiger partial charge is 0.271 e. The summed E-state index contributed by atoms with van der Waals surface area (Å²) in [4.78, 5) is 3.74. The van der Waals surface area contributed by atoms with Crippen molar-refractivity contribution in [1.29, 1.82) is 0 Å². The number of hydrogen-bond donors (Lipinski definition) is 2. The van der Waals surface area contributed by atoms with Crippen LogP contribution in [0.2, 0.25) is 0 Å². The van der Waals surface area contributed by atoms with Gasteiger partial charge in [-0.3, -0.25) is 15.5 Å². The summed E-state index contributed by atoms with van der Waals surface area (Å²) in [5.74, 6) is 5.17. The molecule has 0 amide bonds. The van der Waals surface area contributed by atoms with Crippen molar-refractivity contribution in [3.63, 3.8) is 0 Å². The first-order valence-corrected chi connectivity index (χ1v) is 5.85. The third kappa shape index (κ3) is 2.39. The molecule has 0 aliphatic carbocycles. The second kappa shape index (κ2) is 5.70. The molecule has 2 aromatic rings. The molecule has 6 heteroatoms. The van der Waals surface area contributed by atoms with Crippen molar-refractivity contribution in [1.82, 2.24) is 20.2 Å². The van der Waals surface area contributed by atoms with E-state index >= 15 is 0 Å². The second-order valence-electron chi connectivity index (χ2n) is 3.98. The molecule has 0 bridgehead atoms. The lowest BCUT2D eigenvalue weighted by atomic mass is 10.1. The Hall–Kier alpha value is -1.79. The zero-order valence-electron chi connectivity index (χ0n) is 10.2. The second-order valence-corrected chi connectivity index (χ2v) is 3.98. The van der Waals surface area contributed by atoms with E-state index in [2.05, 4.69) is 22.4 Å². The van der Waals surface area contributed by atoms with Crippen LogP contribution < -0.4 is 11.3 Å². The highest BCUT2D eigenvalue weighted by Gasteiger charge is 2.19. The summed E-state index contributed by atoms with van der Waals surface area (Å²) in [5, 5.41) is 4.21. The number of hydrogen-bond acceptors (Lipinski definition) is 4. The van der Waals surface area contributed by atoms with Crippen LogP contribution in [0, 0.1) is 5.82 Å². The van der Waals surface area contributed by atoms with Crippen molar-refractivity contribution in [2.75, 3.05) is 0 Å². The van der Waals surface area contributed by atoms with Crippen LogP contribution in [-0.4, -0.2) is 14.8 Å². The van der Waals surface area contributed by atoms with Gasteiger partial charge in [0, 0.05) is 24.5 Å². The van der Waals surface area contributed by atoms with E-state index < -0.39 is 6.04 Å². The fraction of sp³-hybridized carbons (Fsp3) is 0.333. The number of rotatable bonds is 5. The maximum absolute atomic E-state index is 13.7. The molecule has 0 saturated carbocycles. The van der Waals surface area contributed by atoms with Gasteiger partial charge < -0.3 is 0 Å². The molecule has 0 aliphatic rings. The zero-order chi connectivity index (χ0) is 13.0. The molecule has 0 aliphatic heterocycles. The predicted molar refractivity (Wildman–Crippen MR) is 65.9 cm³/mol. The van der Waals surface area contributed by atoms with Gasteiger partial charge in [-0.2, -0.15) is 5.10 Å². The highest BCUT2D eigenvalue weighted by Crippen LogP contribution is 2.22. The van der Waals surface area contributed by atoms with E-state index in [1.807, 2.05) is 10.7 Å². The van der Waals surface area contributed by atoms with Crippen LogP contribution in [0.5, 0.6) is 0 Å². The number of hydrazine groups is 1. The first kappa shape index (κ1) is 12.7. The number of nitrogens with two attached hydrogens (primary N) is 1. The van der Waals surface area contributed by atoms with Crippen LogP contribution in [0.15, 0.2) is 30.7 Å². The number of nitrogens with zero attached hydrogens (tertiary/aromatic N) is 3. The number of aryl methyl sites for hydroxylation is 1. The van der Waals surface area contributed by atoms with Crippen LogP contribution in [0.3, 0.4) is 0 Å². The molecule has 1 unspecified atom stereocenters. The Morgan fingerprint density at radius 3 is 2.94 bits per heavy atom. The number of halogens is 1. The van der Waals surface area contributed by atoms with Crippen LogP contribution >= 0.6 is 0 Å². The van der Waals surface area contributed by atoms with E-state index in [1.165, 1.54) is 6.20 Å². The maximum Gasteiger partial charge on any atom is 0.146 e. The SMILES string of the molecule is CCCn1nccc1C(NN)c1ccncc1F. The molecule has 2 heterocycles. The Labute approximate surface area is 105 Å². The van der Waals surface area contributed by atoms with Gasteiger partial charge in [-0.1, -0.05) is 6.92 Å². The van der Waals surface area contributed by atoms with Gasteiger partial charge in [0.15, 0.2) is 0 Å². The predicted octanol–water partition coefficient (Wildman–Crippen LogP) is 1.38. The van der Waals surface area contributed by atoms with Gasteiger partial charge in [0.2, 0.25) is 0 Å². The molecule has 0 radical (unpaired) electrons. The molecule has 2 rings (SSSR count). The summed E-state index contributed by atoms with van der Waals surface area (Å²) in [5.41, 5.74) is 3.93. The highest BCUT2D eigenvalue weighted by molar-refractivity contribution is 5.26. The monoisotopic (exact) mass is 249 g/mol. The Kier molecular flexibility index (Phi) is 4.01. The highest BCUT2D eigenvalue weighted by atomic mass is 19.1. The van der Waals surface area contributed by atoms with E-state index in [9.17, 15) is 4.39 Å². The van der Waals surface area contributed by atoms with Crippen molar-refractivity contribution in [2.24, 2.45) is 5.84 Å². The minimum absolute atomic E-state index is 0.385. The molecule has 2 aromatic heterocycles. The zero-order valence-corrected chi connectivity index (χ0v) is 10.2. The normalized spacial score (nSPS) is 12.6. The van der Waals surface area contributed by atoms with Gasteiger partial charge >= 0.3 is 0 Å². The molecule has 3 N–H and O–H groups in total. The molecule has 96 valence electrons. The van der Waals surface area contributed by atoms with Gasteiger partial charge in [0.25, 0.3) is 0 Å². The number of aromatic nitrogens is 3. The molecular weight excluding hydrogens is 233 g/mol. The fourth-order valence-electron chi connectivity index (χ4n) is 1.94. The maximum atomic E-state index is 13.7. The van der Waals surface area contributed by atoms with Crippen molar-refractivity contribution in [2.45, 2.75) is 25.9 Å². The van der Waals surface area contributed by atoms with E-state index in [1.54, 1.807) is 18.5 Å². The van der Waals surface area contributed by atoms with E-state index in [-0.39, 0.29) is 5.82 Å². The first-order valence-electron chi connectivity index (χ1n) is 5.85. The molecule has 18 heavy (non-hydrogen) atoms. The fourth-order valence-corrected chi connectivity index (χ4v) is 1.94. The van der Waals surface area contributed by atoms with Crippen molar-refractivity contribution >= 4 is 0 Å². The number of pyridine rings is 1. The first-order chi connectivity index (χ1) is 8.77. The van der Waals surface area contributed by atoms with Crippen molar-refractivity contribution in [3.05, 3.63) is 47.8 Å². The minimum atomic E-state index is -0.429. The third-order valence-corrected chi connectivity index (χ3v) is 2.76. The molecule has 5 nitrogen and oxygen atoms in total. The Morgan fingerprint density at radius 2 is 2.28 bits per heavy atom. The standard InChI is InChI=1S/C12H16FN5/c1-2-7-18-11(4-6-16-18)12(17-14)9-3-5-15-8-10(9)13/h3-6,8,12,17H,2,7,14H2,1H3. The van der Waals surface area contributed by atoms with Crippen LogP contribution in [0.25, 0.3) is 0 Å². The number of nitrogens with one attached hydrogen (secondary N) is 1. The average Bonchev–Trinajstić information content (AvgIpc) is 2.82. The smallest absolute Gasteiger partial charge is 0.146 e. The van der Waals surface area contributed by atoms with Crippen LogP contribution in [-0.2, 0) is 6.54 Å². The van der Waals surface area contributed by atoms with E-state index in [4.69, 9.17) is 5.84 Å². The Morgan fingerprint density at radius 1 is 1.44 bits per heavy atom. The molecule has 0 spiro atoms. The van der Waals surface area contributed by atoms with Gasteiger partial charge in [-0.15, -0.1) is 0 Å². The molecular formula is C12H16FN5. The van der Waals surface area contributed by atoms with E-state index in [0.717, 1.165) is 18.7 Å². The molecule has 0 saturated heterocycles. The van der Waals surface area contributed by atoms with Crippen LogP contribution in [0.1, 0.15) is 30.6 Å². The Balaban J connectivity index is 2.39. The van der Waals surface area contributed by atoms with Gasteiger partial charge in [-0.05, 0) is 18.6 Å². The third-order valence-electron chi connectivity index (χ3n) is 2.76. The van der Waals surface area contributed by atoms with Gasteiger partial charge in [0.1, 0.15) is 5.82 Å². The quantitative estimate of drug-likeness (QED) is 0.620. The van der Waals surface area contributed by atoms with Crippen LogP contribution in [0.4, 0.5) is 4.39 Å². The van der Waals surface area contributed by atoms with Gasteiger partial charge in [-0.25, -0.2) is 9.82 Å². The lowest BCUT2D eigenvalue weighted by Gasteiger charge is -2.18. The summed E-state index contributed by atoms with van der Waals surface area (Å²) in [6, 6.07) is 3.02. The van der Waals surface area contributed by atoms with Crippen molar-refractivity contribution < 1.29 is 4.39 Å². The summed E-state index contributed by atoms with van der Waals surface area (Å²) >= 11 is 0. The summed E-state index contributed by atoms with van der Waals surface area (Å²) in [6.07, 6.45) is 5.36.